The fourth-order valence-electron chi connectivity index (χ4n) is 3.87. The van der Waals surface area contributed by atoms with Crippen LogP contribution in [0.3, 0.4) is 0 Å². The summed E-state index contributed by atoms with van der Waals surface area (Å²) >= 11 is 0. The van der Waals surface area contributed by atoms with Crippen molar-refractivity contribution < 1.29 is 36.3 Å². The Balaban J connectivity index is 2.11. The number of esters is 1. The lowest BCUT2D eigenvalue weighted by Crippen LogP contribution is -2.23. The predicted octanol–water partition coefficient (Wildman–Crippen LogP) is 5.04. The highest BCUT2D eigenvalue weighted by Crippen LogP contribution is 2.34. The molecule has 2 N–H and O–H groups in total. The van der Waals surface area contributed by atoms with Crippen LogP contribution < -0.4 is 16.1 Å². The number of hydrogen-bond acceptors (Lipinski definition) is 5. The van der Waals surface area contributed by atoms with E-state index >= 15 is 8.78 Å². The SMILES string of the molecule is CCOC(=O)c1cn(-c2cc(NC=O)c(F)cc2F)c2c(F)c(F)c(F)c(NCc3ccccc3)c2c1=O. The average Bonchev–Trinajstić information content (AvgIpc) is 2.90. The molecule has 0 radical (unpaired) electrons. The van der Waals surface area contributed by atoms with E-state index in [-0.39, 0.29) is 19.6 Å². The number of fused-ring (bicyclic) bond motifs is 1. The van der Waals surface area contributed by atoms with Gasteiger partial charge in [0.15, 0.2) is 17.5 Å². The Morgan fingerprint density at radius 1 is 1.00 bits per heavy atom. The van der Waals surface area contributed by atoms with Gasteiger partial charge in [0, 0.05) is 18.8 Å². The molecule has 0 saturated heterocycles. The van der Waals surface area contributed by atoms with Gasteiger partial charge in [-0.3, -0.25) is 9.59 Å². The number of benzene rings is 3. The number of ether oxygens (including phenoxy) is 1. The second-order valence-electron chi connectivity index (χ2n) is 7.89. The maximum absolute atomic E-state index is 15.3. The van der Waals surface area contributed by atoms with Crippen molar-refractivity contribution in [3.63, 3.8) is 0 Å². The van der Waals surface area contributed by atoms with Crippen LogP contribution in [0.5, 0.6) is 0 Å². The number of carbonyl (C=O) groups excluding carboxylic acids is 2. The molecule has 1 aromatic heterocycles. The number of carbonyl (C=O) groups is 2. The fourth-order valence-corrected chi connectivity index (χ4v) is 3.87. The molecular formula is C26H18F5N3O4. The first-order valence-electron chi connectivity index (χ1n) is 11.1. The third-order valence-electron chi connectivity index (χ3n) is 5.59. The lowest BCUT2D eigenvalue weighted by atomic mass is 10.1. The monoisotopic (exact) mass is 531 g/mol. The quantitative estimate of drug-likeness (QED) is 0.144. The number of halogens is 5. The van der Waals surface area contributed by atoms with E-state index in [1.807, 2.05) is 5.32 Å². The molecule has 196 valence electrons. The number of amides is 1. The van der Waals surface area contributed by atoms with Crippen molar-refractivity contribution in [2.24, 2.45) is 0 Å². The average molecular weight is 531 g/mol. The Hall–Kier alpha value is -4.74. The summed E-state index contributed by atoms with van der Waals surface area (Å²) in [6, 6.07) is 9.43. The molecule has 7 nitrogen and oxygen atoms in total. The van der Waals surface area contributed by atoms with Crippen LogP contribution in [0.2, 0.25) is 0 Å². The van der Waals surface area contributed by atoms with E-state index in [1.165, 1.54) is 6.92 Å². The lowest BCUT2D eigenvalue weighted by molar-refractivity contribution is -0.105. The van der Waals surface area contributed by atoms with Gasteiger partial charge in [-0.25, -0.2) is 26.7 Å². The molecule has 0 aliphatic rings. The van der Waals surface area contributed by atoms with E-state index in [9.17, 15) is 27.6 Å². The summed E-state index contributed by atoms with van der Waals surface area (Å²) in [6.45, 7) is 1.12. The van der Waals surface area contributed by atoms with Gasteiger partial charge in [-0.1, -0.05) is 30.3 Å². The van der Waals surface area contributed by atoms with Crippen LogP contribution in [0.4, 0.5) is 33.3 Å². The second-order valence-corrected chi connectivity index (χ2v) is 7.89. The normalized spacial score (nSPS) is 10.9. The molecule has 1 heterocycles. The molecule has 1 amide bonds. The minimum absolute atomic E-state index is 0.0922. The van der Waals surface area contributed by atoms with Crippen LogP contribution in [-0.4, -0.2) is 23.6 Å². The molecule has 0 fully saturated rings. The first kappa shape index (κ1) is 26.3. The van der Waals surface area contributed by atoms with Gasteiger partial charge in [0.05, 0.1) is 34.6 Å². The van der Waals surface area contributed by atoms with Crippen LogP contribution >= 0.6 is 0 Å². The number of hydrogen-bond donors (Lipinski definition) is 2. The molecule has 3 aromatic carbocycles. The summed E-state index contributed by atoms with van der Waals surface area (Å²) in [6.07, 6.45) is 0.764. The van der Waals surface area contributed by atoms with Gasteiger partial charge in [-0.2, -0.15) is 0 Å². The van der Waals surface area contributed by atoms with E-state index in [1.54, 1.807) is 30.3 Å². The summed E-state index contributed by atoms with van der Waals surface area (Å²) in [5.74, 6) is -9.35. The molecule has 0 unspecified atom stereocenters. The molecule has 0 aliphatic heterocycles. The van der Waals surface area contributed by atoms with Crippen LogP contribution in [0.25, 0.3) is 16.6 Å². The van der Waals surface area contributed by atoms with Gasteiger partial charge in [0.2, 0.25) is 11.8 Å². The number of nitrogens with one attached hydrogen (secondary N) is 2. The van der Waals surface area contributed by atoms with Crippen molar-refractivity contribution in [1.29, 1.82) is 0 Å². The Kier molecular flexibility index (Phi) is 7.42. The molecule has 12 heteroatoms. The maximum atomic E-state index is 15.3. The van der Waals surface area contributed by atoms with E-state index < -0.39 is 74.0 Å². The fraction of sp³-hybridized carbons (Fsp3) is 0.115. The van der Waals surface area contributed by atoms with Gasteiger partial charge in [-0.05, 0) is 18.6 Å². The van der Waals surface area contributed by atoms with Crippen molar-refractivity contribution in [1.82, 2.24) is 4.57 Å². The van der Waals surface area contributed by atoms with Gasteiger partial charge in [-0.15, -0.1) is 0 Å². The first-order chi connectivity index (χ1) is 18.2. The maximum Gasteiger partial charge on any atom is 0.343 e. The Morgan fingerprint density at radius 2 is 1.71 bits per heavy atom. The highest BCUT2D eigenvalue weighted by Gasteiger charge is 2.29. The number of rotatable bonds is 8. The molecular weight excluding hydrogens is 513 g/mol. The number of anilines is 2. The zero-order valence-corrected chi connectivity index (χ0v) is 19.6. The zero-order chi connectivity index (χ0) is 27.6. The smallest absolute Gasteiger partial charge is 0.343 e. The Bertz CT molecular complexity index is 1620. The molecule has 4 aromatic rings. The van der Waals surface area contributed by atoms with Crippen LogP contribution in [0.15, 0.2) is 53.5 Å². The Morgan fingerprint density at radius 3 is 2.37 bits per heavy atom. The van der Waals surface area contributed by atoms with E-state index in [2.05, 4.69) is 5.32 Å². The van der Waals surface area contributed by atoms with Gasteiger partial charge in [0.1, 0.15) is 17.2 Å². The summed E-state index contributed by atoms with van der Waals surface area (Å²) < 4.78 is 79.7. The molecule has 0 atom stereocenters. The highest BCUT2D eigenvalue weighted by atomic mass is 19.2. The third-order valence-corrected chi connectivity index (χ3v) is 5.59. The largest absolute Gasteiger partial charge is 0.462 e. The summed E-state index contributed by atoms with van der Waals surface area (Å²) in [4.78, 5) is 36.8. The lowest BCUT2D eigenvalue weighted by Gasteiger charge is -2.19. The molecule has 38 heavy (non-hydrogen) atoms. The molecule has 0 spiro atoms. The number of nitrogens with zero attached hydrogens (tertiary/aromatic N) is 1. The minimum Gasteiger partial charge on any atom is -0.462 e. The standard InChI is InChI=1S/C26H18F5N3O4/c1-2-38-26(37)14-11-34(18-9-17(33-12-35)15(27)8-16(18)28)24-19(25(14)36)23(21(30)20(29)22(24)31)32-10-13-6-4-3-5-7-13/h3-9,11-12,32H,2,10H2,1H3,(H,33,35). The minimum atomic E-state index is -1.99. The van der Waals surface area contributed by atoms with E-state index in [0.717, 1.165) is 6.07 Å². The number of pyridine rings is 1. The van der Waals surface area contributed by atoms with E-state index in [0.29, 0.717) is 22.4 Å². The summed E-state index contributed by atoms with van der Waals surface area (Å²) in [7, 11) is 0. The third kappa shape index (κ3) is 4.67. The second kappa shape index (κ2) is 10.7. The molecule has 4 rings (SSSR count). The molecule has 0 bridgehead atoms. The first-order valence-corrected chi connectivity index (χ1v) is 11.1. The van der Waals surface area contributed by atoms with Crippen molar-refractivity contribution in [3.05, 3.63) is 99.1 Å². The van der Waals surface area contributed by atoms with Crippen molar-refractivity contribution >= 4 is 34.7 Å². The zero-order valence-electron chi connectivity index (χ0n) is 19.6. The molecule has 0 aliphatic carbocycles. The van der Waals surface area contributed by atoms with Gasteiger partial charge >= 0.3 is 5.97 Å². The van der Waals surface area contributed by atoms with Gasteiger partial charge in [0.25, 0.3) is 0 Å². The van der Waals surface area contributed by atoms with Crippen LogP contribution in [0, 0.1) is 29.1 Å². The van der Waals surface area contributed by atoms with Crippen LogP contribution in [-0.2, 0) is 16.1 Å². The summed E-state index contributed by atoms with van der Waals surface area (Å²) in [5.41, 5.74) is -4.38. The number of aromatic nitrogens is 1. The predicted molar refractivity (Wildman–Crippen MR) is 129 cm³/mol. The van der Waals surface area contributed by atoms with Crippen molar-refractivity contribution in [2.75, 3.05) is 17.2 Å². The molecule has 0 saturated carbocycles. The van der Waals surface area contributed by atoms with Crippen molar-refractivity contribution in [3.8, 4) is 5.69 Å². The topological polar surface area (TPSA) is 89.4 Å². The highest BCUT2D eigenvalue weighted by molar-refractivity contribution is 5.99. The van der Waals surface area contributed by atoms with Crippen molar-refractivity contribution in [2.45, 2.75) is 13.5 Å². The van der Waals surface area contributed by atoms with Gasteiger partial charge < -0.3 is 19.9 Å². The van der Waals surface area contributed by atoms with Crippen LogP contribution in [0.1, 0.15) is 22.8 Å². The Labute approximate surface area is 211 Å². The van der Waals surface area contributed by atoms with E-state index in [4.69, 9.17) is 4.74 Å². The summed E-state index contributed by atoms with van der Waals surface area (Å²) in [5, 5.41) is 3.72.